The van der Waals surface area contributed by atoms with Crippen molar-refractivity contribution in [2.75, 3.05) is 26.7 Å². The van der Waals surface area contributed by atoms with Gasteiger partial charge in [0.2, 0.25) is 0 Å². The number of nitrogens with two attached hydrogens (primary N) is 5. The monoisotopic (exact) mass is 611 g/mol. The van der Waals surface area contributed by atoms with Crippen LogP contribution in [0, 0.1) is 0 Å². The molecule has 18 heteroatoms. The highest BCUT2D eigenvalue weighted by Crippen LogP contribution is 2.35. The molecule has 1 aliphatic carbocycles. The predicted octanol–water partition coefficient (Wildman–Crippen LogP) is -8.03. The normalized spacial score (nSPS) is 50.1. The maximum atomic E-state index is 11.3. The lowest BCUT2D eigenvalue weighted by molar-refractivity contribution is -0.373. The molecule has 246 valence electrons. The molecule has 17 atom stereocenters. The van der Waals surface area contributed by atoms with Crippen molar-refractivity contribution in [2.24, 2.45) is 28.7 Å². The fraction of sp³-hybridized carbons (Fsp3) is 1.00. The second-order valence-corrected chi connectivity index (χ2v) is 11.6. The molecule has 4 aliphatic rings. The number of aliphatic hydroxyl groups excluding tert-OH is 6. The van der Waals surface area contributed by atoms with Crippen molar-refractivity contribution in [3.8, 4) is 0 Å². The summed E-state index contributed by atoms with van der Waals surface area (Å²) < 4.78 is 29.8. The van der Waals surface area contributed by atoms with Crippen LogP contribution in [0.2, 0.25) is 0 Å². The Kier molecular flexibility index (Phi) is 11.9. The van der Waals surface area contributed by atoms with Gasteiger partial charge in [-0.3, -0.25) is 0 Å². The van der Waals surface area contributed by atoms with E-state index in [4.69, 9.17) is 52.4 Å². The van der Waals surface area contributed by atoms with Crippen LogP contribution >= 0.6 is 0 Å². The first-order valence-corrected chi connectivity index (χ1v) is 14.3. The van der Waals surface area contributed by atoms with Crippen LogP contribution < -0.4 is 39.3 Å². The fourth-order valence-corrected chi connectivity index (χ4v) is 6.14. The first-order chi connectivity index (χ1) is 19.9. The second kappa shape index (κ2) is 14.6. The molecule has 10 unspecified atom stereocenters. The van der Waals surface area contributed by atoms with Crippen LogP contribution in [0.1, 0.15) is 12.8 Å². The highest BCUT2D eigenvalue weighted by atomic mass is 16.8. The lowest BCUT2D eigenvalue weighted by Gasteiger charge is -2.51. The summed E-state index contributed by atoms with van der Waals surface area (Å²) in [5.41, 5.74) is 29.7. The second-order valence-electron chi connectivity index (χ2n) is 11.6. The van der Waals surface area contributed by atoms with E-state index in [0.717, 1.165) is 0 Å². The van der Waals surface area contributed by atoms with Gasteiger partial charge in [0.15, 0.2) is 18.9 Å². The quantitative estimate of drug-likeness (QED) is 0.109. The summed E-state index contributed by atoms with van der Waals surface area (Å²) in [6.45, 7) is -0.188. The van der Waals surface area contributed by atoms with Crippen molar-refractivity contribution < 1.29 is 54.3 Å². The molecule has 1 saturated carbocycles. The summed E-state index contributed by atoms with van der Waals surface area (Å²) in [6, 6.07) is -4.36. The molecule has 0 spiro atoms. The van der Waals surface area contributed by atoms with Gasteiger partial charge in [-0.2, -0.15) is 0 Å². The highest BCUT2D eigenvalue weighted by Gasteiger charge is 2.54. The van der Waals surface area contributed by atoms with E-state index in [-0.39, 0.29) is 25.9 Å². The minimum atomic E-state index is -1.56. The summed E-state index contributed by atoms with van der Waals surface area (Å²) in [6.07, 6.45) is -13.9. The standard InChI is InChI=1S/C24H49N7O11/c1-30-14-17(35)21-11(3-10(29)22(41-21)40-20-9(28)2-8(27)15(33)18(20)36)38-23(14)42-24-19(37)16(34)13(12(6-32)39-24)31-7(4-25)5-26/h7-24,30-37H,2-6,25-29H2,1H3/t8-,9?,10?,11+,12?,13-,14?,15?,16?,17?,18-,19?,20-,21?,22+,23?,24-/m1/s1. The maximum absolute atomic E-state index is 11.3. The van der Waals surface area contributed by atoms with Crippen molar-refractivity contribution in [3.05, 3.63) is 0 Å². The Hall–Kier alpha value is -0.720. The molecule has 4 fully saturated rings. The SMILES string of the molecule is CNC1C(O[C@H]2OC(CO)[C@@H](NC(CN)CN)C(O)C2O)O[C@H]2CC(N)[C@@H](O[C@@H]3C(N)C[C@@H](N)C(O)[C@H]3O)OC2C1O. The Morgan fingerprint density at radius 2 is 1.43 bits per heavy atom. The molecule has 18 N–H and O–H groups in total. The van der Waals surface area contributed by atoms with Crippen LogP contribution in [0.5, 0.6) is 0 Å². The third-order valence-electron chi connectivity index (χ3n) is 8.69. The fourth-order valence-electron chi connectivity index (χ4n) is 6.14. The molecular weight excluding hydrogens is 562 g/mol. The third-order valence-corrected chi connectivity index (χ3v) is 8.69. The van der Waals surface area contributed by atoms with Gasteiger partial charge in [-0.25, -0.2) is 0 Å². The maximum Gasteiger partial charge on any atom is 0.189 e. The number of rotatable bonds is 10. The molecule has 42 heavy (non-hydrogen) atoms. The first kappa shape index (κ1) is 34.2. The average Bonchev–Trinajstić information content (AvgIpc) is 2.96. The van der Waals surface area contributed by atoms with Crippen molar-refractivity contribution in [1.82, 2.24) is 10.6 Å². The summed E-state index contributed by atoms with van der Waals surface area (Å²) in [7, 11) is 1.56. The number of hydrogen-bond acceptors (Lipinski definition) is 18. The molecule has 18 nitrogen and oxygen atoms in total. The van der Waals surface area contributed by atoms with E-state index in [0.29, 0.717) is 0 Å². The van der Waals surface area contributed by atoms with E-state index in [1.165, 1.54) is 0 Å². The molecule has 4 rings (SSSR count). The number of likely N-dealkylation sites (N-methyl/N-ethyl adjacent to an activating group) is 1. The van der Waals surface area contributed by atoms with E-state index in [1.807, 2.05) is 0 Å². The molecule has 0 amide bonds. The van der Waals surface area contributed by atoms with E-state index in [2.05, 4.69) is 10.6 Å². The number of aliphatic hydroxyl groups is 6. The van der Waals surface area contributed by atoms with Gasteiger partial charge in [0.05, 0.1) is 36.9 Å². The molecule has 3 saturated heterocycles. The van der Waals surface area contributed by atoms with Crippen LogP contribution in [0.4, 0.5) is 0 Å². The van der Waals surface area contributed by atoms with E-state index in [1.54, 1.807) is 7.05 Å². The summed E-state index contributed by atoms with van der Waals surface area (Å²) in [5, 5.41) is 69.5. The van der Waals surface area contributed by atoms with Crippen LogP contribution in [-0.4, -0.2) is 167 Å². The number of hydrogen-bond donors (Lipinski definition) is 13. The highest BCUT2D eigenvalue weighted by molar-refractivity contribution is 5.02. The van der Waals surface area contributed by atoms with E-state index >= 15 is 0 Å². The van der Waals surface area contributed by atoms with Crippen molar-refractivity contribution in [1.29, 1.82) is 0 Å². The van der Waals surface area contributed by atoms with Gasteiger partial charge in [-0.05, 0) is 19.9 Å². The van der Waals surface area contributed by atoms with Gasteiger partial charge in [-0.15, -0.1) is 0 Å². The van der Waals surface area contributed by atoms with Crippen molar-refractivity contribution in [3.63, 3.8) is 0 Å². The van der Waals surface area contributed by atoms with E-state index < -0.39 is 117 Å². The Balaban J connectivity index is 1.42. The van der Waals surface area contributed by atoms with Crippen LogP contribution in [0.15, 0.2) is 0 Å². The number of nitrogens with one attached hydrogen (secondary N) is 2. The van der Waals surface area contributed by atoms with E-state index in [9.17, 15) is 30.6 Å². The molecule has 3 aliphatic heterocycles. The van der Waals surface area contributed by atoms with Gasteiger partial charge in [-0.1, -0.05) is 0 Å². The minimum absolute atomic E-state index is 0.143. The zero-order chi connectivity index (χ0) is 30.9. The largest absolute Gasteiger partial charge is 0.394 e. The molecule has 0 aromatic carbocycles. The zero-order valence-electron chi connectivity index (χ0n) is 23.5. The zero-order valence-corrected chi connectivity index (χ0v) is 23.5. The minimum Gasteiger partial charge on any atom is -0.394 e. The lowest BCUT2D eigenvalue weighted by atomic mass is 9.84. The Labute approximate surface area is 243 Å². The molecule has 0 aromatic heterocycles. The number of fused-ring (bicyclic) bond motifs is 1. The van der Waals surface area contributed by atoms with Gasteiger partial charge in [0.25, 0.3) is 0 Å². The topological polar surface area (TPSA) is 322 Å². The van der Waals surface area contributed by atoms with Crippen molar-refractivity contribution in [2.45, 2.75) is 123 Å². The summed E-state index contributed by atoms with van der Waals surface area (Å²) in [4.78, 5) is 0. The van der Waals surface area contributed by atoms with Gasteiger partial charge in [0, 0.05) is 31.2 Å². The Morgan fingerprint density at radius 1 is 0.738 bits per heavy atom. The Morgan fingerprint density at radius 3 is 2.05 bits per heavy atom. The van der Waals surface area contributed by atoms with Gasteiger partial charge < -0.3 is 93.6 Å². The summed E-state index contributed by atoms with van der Waals surface area (Å²) >= 11 is 0. The summed E-state index contributed by atoms with van der Waals surface area (Å²) in [5.74, 6) is 0. The molecule has 0 radical (unpaired) electrons. The van der Waals surface area contributed by atoms with Crippen LogP contribution in [0.25, 0.3) is 0 Å². The molecule has 0 aromatic rings. The van der Waals surface area contributed by atoms with Crippen LogP contribution in [0.3, 0.4) is 0 Å². The average molecular weight is 612 g/mol. The van der Waals surface area contributed by atoms with Crippen LogP contribution in [-0.2, 0) is 23.7 Å². The number of ether oxygens (including phenoxy) is 5. The predicted molar refractivity (Wildman–Crippen MR) is 144 cm³/mol. The Bertz CT molecular complexity index is 849. The smallest absolute Gasteiger partial charge is 0.189 e. The molecule has 3 heterocycles. The van der Waals surface area contributed by atoms with Gasteiger partial charge >= 0.3 is 0 Å². The van der Waals surface area contributed by atoms with Gasteiger partial charge in [0.1, 0.15) is 42.7 Å². The van der Waals surface area contributed by atoms with Crippen molar-refractivity contribution >= 4 is 0 Å². The molecule has 0 bridgehead atoms. The lowest BCUT2D eigenvalue weighted by Crippen LogP contribution is -2.70. The first-order valence-electron chi connectivity index (χ1n) is 14.3. The third kappa shape index (κ3) is 6.91. The molecular formula is C24H49N7O11.